The van der Waals surface area contributed by atoms with Gasteiger partial charge >= 0.3 is 5.69 Å². The number of hydrogen-bond acceptors (Lipinski definition) is 4. The first kappa shape index (κ1) is 15.3. The summed E-state index contributed by atoms with van der Waals surface area (Å²) in [5.41, 5.74) is 1.31. The molecule has 0 heterocycles. The van der Waals surface area contributed by atoms with E-state index in [0.29, 0.717) is 17.9 Å². The standard InChI is InChI=1S/C14H23N3O2/c1-4-8-11(5-2)16-13-10-7-9-12(15-6-3)14(13)17(18)19/h7,9-11,15-16H,4-6,8H2,1-3H3. The molecule has 5 nitrogen and oxygen atoms in total. The highest BCUT2D eigenvalue weighted by Gasteiger charge is 2.20. The summed E-state index contributed by atoms with van der Waals surface area (Å²) in [4.78, 5) is 11.0. The van der Waals surface area contributed by atoms with Crippen molar-refractivity contribution in [1.29, 1.82) is 0 Å². The molecular formula is C14H23N3O2. The zero-order valence-corrected chi connectivity index (χ0v) is 11.9. The van der Waals surface area contributed by atoms with Crippen molar-refractivity contribution in [2.45, 2.75) is 46.1 Å². The first-order chi connectivity index (χ1) is 9.13. The van der Waals surface area contributed by atoms with Crippen LogP contribution < -0.4 is 10.6 Å². The zero-order chi connectivity index (χ0) is 14.3. The molecule has 106 valence electrons. The molecule has 0 aliphatic rings. The first-order valence-corrected chi connectivity index (χ1v) is 6.91. The highest BCUT2D eigenvalue weighted by molar-refractivity contribution is 5.76. The monoisotopic (exact) mass is 265 g/mol. The molecule has 0 aromatic heterocycles. The van der Waals surface area contributed by atoms with E-state index in [1.165, 1.54) is 0 Å². The zero-order valence-electron chi connectivity index (χ0n) is 11.9. The van der Waals surface area contributed by atoms with E-state index in [2.05, 4.69) is 24.5 Å². The number of nitro groups is 1. The number of anilines is 2. The Hall–Kier alpha value is -1.78. The molecule has 0 radical (unpaired) electrons. The second-order valence-electron chi connectivity index (χ2n) is 4.53. The van der Waals surface area contributed by atoms with Gasteiger partial charge in [0.25, 0.3) is 0 Å². The quantitative estimate of drug-likeness (QED) is 0.550. The number of nitrogens with zero attached hydrogens (tertiary/aromatic N) is 1. The normalized spacial score (nSPS) is 11.9. The Morgan fingerprint density at radius 2 is 1.95 bits per heavy atom. The first-order valence-electron chi connectivity index (χ1n) is 6.91. The molecule has 0 aliphatic heterocycles. The van der Waals surface area contributed by atoms with Gasteiger partial charge in [-0.3, -0.25) is 10.1 Å². The van der Waals surface area contributed by atoms with Crippen molar-refractivity contribution in [2.75, 3.05) is 17.2 Å². The number of rotatable bonds is 8. The van der Waals surface area contributed by atoms with Gasteiger partial charge in [-0.25, -0.2) is 0 Å². The maximum atomic E-state index is 11.3. The molecule has 0 spiro atoms. The Morgan fingerprint density at radius 1 is 1.26 bits per heavy atom. The van der Waals surface area contributed by atoms with Crippen LogP contribution in [0.25, 0.3) is 0 Å². The molecule has 1 unspecified atom stereocenters. The van der Waals surface area contributed by atoms with E-state index in [1.807, 2.05) is 13.0 Å². The van der Waals surface area contributed by atoms with Crippen LogP contribution in [0.2, 0.25) is 0 Å². The van der Waals surface area contributed by atoms with Crippen LogP contribution in [-0.4, -0.2) is 17.5 Å². The molecule has 1 aromatic rings. The number of benzene rings is 1. The van der Waals surface area contributed by atoms with Crippen LogP contribution in [0.5, 0.6) is 0 Å². The number of hydrogen-bond donors (Lipinski definition) is 2. The molecule has 0 aliphatic carbocycles. The Labute approximate surface area is 114 Å². The Morgan fingerprint density at radius 3 is 2.47 bits per heavy atom. The summed E-state index contributed by atoms with van der Waals surface area (Å²) in [5.74, 6) is 0. The minimum Gasteiger partial charge on any atom is -0.380 e. The lowest BCUT2D eigenvalue weighted by atomic mass is 10.1. The second kappa shape index (κ2) is 7.61. The van der Waals surface area contributed by atoms with E-state index in [0.717, 1.165) is 19.3 Å². The molecule has 1 aromatic carbocycles. The van der Waals surface area contributed by atoms with Gasteiger partial charge in [0.2, 0.25) is 0 Å². The molecular weight excluding hydrogens is 242 g/mol. The number of nitro benzene ring substituents is 1. The third-order valence-electron chi connectivity index (χ3n) is 3.08. The van der Waals surface area contributed by atoms with Crippen molar-refractivity contribution in [3.8, 4) is 0 Å². The van der Waals surface area contributed by atoms with Crippen LogP contribution in [0, 0.1) is 10.1 Å². The summed E-state index contributed by atoms with van der Waals surface area (Å²) in [6, 6.07) is 5.64. The third kappa shape index (κ3) is 4.12. The average molecular weight is 265 g/mol. The molecule has 19 heavy (non-hydrogen) atoms. The lowest BCUT2D eigenvalue weighted by Crippen LogP contribution is -2.19. The second-order valence-corrected chi connectivity index (χ2v) is 4.53. The SMILES string of the molecule is CCCC(CC)Nc1cccc(NCC)c1[N+](=O)[O-]. The predicted octanol–water partition coefficient (Wildman–Crippen LogP) is 4.02. The van der Waals surface area contributed by atoms with Crippen molar-refractivity contribution in [2.24, 2.45) is 0 Å². The number of nitrogens with one attached hydrogen (secondary N) is 2. The fraction of sp³-hybridized carbons (Fsp3) is 0.571. The van der Waals surface area contributed by atoms with E-state index in [1.54, 1.807) is 12.1 Å². The van der Waals surface area contributed by atoms with Gasteiger partial charge in [0.05, 0.1) is 4.92 Å². The highest BCUT2D eigenvalue weighted by Crippen LogP contribution is 2.33. The Bertz CT molecular complexity index is 421. The van der Waals surface area contributed by atoms with Crippen molar-refractivity contribution >= 4 is 17.1 Å². The van der Waals surface area contributed by atoms with Crippen LogP contribution in [0.1, 0.15) is 40.0 Å². The molecule has 0 bridgehead atoms. The Kier molecular flexibility index (Phi) is 6.12. The van der Waals surface area contributed by atoms with E-state index in [-0.39, 0.29) is 16.7 Å². The van der Waals surface area contributed by atoms with Crippen molar-refractivity contribution in [1.82, 2.24) is 0 Å². The van der Waals surface area contributed by atoms with E-state index in [9.17, 15) is 10.1 Å². The van der Waals surface area contributed by atoms with Crippen LogP contribution >= 0.6 is 0 Å². The molecule has 0 saturated carbocycles. The van der Waals surface area contributed by atoms with Gasteiger partial charge in [-0.15, -0.1) is 0 Å². The van der Waals surface area contributed by atoms with Crippen molar-refractivity contribution < 1.29 is 4.92 Å². The predicted molar refractivity (Wildman–Crippen MR) is 79.9 cm³/mol. The molecule has 5 heteroatoms. The van der Waals surface area contributed by atoms with E-state index >= 15 is 0 Å². The molecule has 2 N–H and O–H groups in total. The van der Waals surface area contributed by atoms with E-state index in [4.69, 9.17) is 0 Å². The van der Waals surface area contributed by atoms with Gasteiger partial charge in [-0.05, 0) is 31.9 Å². The summed E-state index contributed by atoms with van der Waals surface area (Å²) in [6.45, 7) is 6.80. The summed E-state index contributed by atoms with van der Waals surface area (Å²) >= 11 is 0. The van der Waals surface area contributed by atoms with Gasteiger partial charge in [0, 0.05) is 12.6 Å². The summed E-state index contributed by atoms with van der Waals surface area (Å²) in [7, 11) is 0. The topological polar surface area (TPSA) is 67.2 Å². The molecule has 1 atom stereocenters. The minimum absolute atomic E-state index is 0.138. The van der Waals surface area contributed by atoms with Crippen LogP contribution in [0.15, 0.2) is 18.2 Å². The Balaban J connectivity index is 3.04. The fourth-order valence-corrected chi connectivity index (χ4v) is 2.14. The van der Waals surface area contributed by atoms with Crippen molar-refractivity contribution in [3.63, 3.8) is 0 Å². The summed E-state index contributed by atoms with van der Waals surface area (Å²) in [6.07, 6.45) is 3.03. The minimum atomic E-state index is -0.320. The van der Waals surface area contributed by atoms with Gasteiger partial charge in [-0.2, -0.15) is 0 Å². The third-order valence-corrected chi connectivity index (χ3v) is 3.08. The highest BCUT2D eigenvalue weighted by atomic mass is 16.6. The summed E-state index contributed by atoms with van der Waals surface area (Å²) in [5, 5.41) is 17.6. The fourth-order valence-electron chi connectivity index (χ4n) is 2.14. The van der Waals surface area contributed by atoms with Crippen molar-refractivity contribution in [3.05, 3.63) is 28.3 Å². The number of para-hydroxylation sites is 1. The largest absolute Gasteiger partial charge is 0.380 e. The molecule has 0 fully saturated rings. The summed E-state index contributed by atoms with van der Waals surface area (Å²) < 4.78 is 0. The van der Waals surface area contributed by atoms with Gasteiger partial charge in [-0.1, -0.05) is 26.3 Å². The van der Waals surface area contributed by atoms with Gasteiger partial charge in [0.15, 0.2) is 0 Å². The average Bonchev–Trinajstić information content (AvgIpc) is 2.38. The lowest BCUT2D eigenvalue weighted by molar-refractivity contribution is -0.383. The van der Waals surface area contributed by atoms with Crippen LogP contribution in [0.3, 0.4) is 0 Å². The van der Waals surface area contributed by atoms with Gasteiger partial charge in [0.1, 0.15) is 11.4 Å². The van der Waals surface area contributed by atoms with E-state index < -0.39 is 0 Å². The molecule has 0 amide bonds. The molecule has 1 rings (SSSR count). The van der Waals surface area contributed by atoms with Crippen LogP contribution in [0.4, 0.5) is 17.1 Å². The lowest BCUT2D eigenvalue weighted by Gasteiger charge is -2.18. The van der Waals surface area contributed by atoms with Crippen LogP contribution in [-0.2, 0) is 0 Å². The molecule has 0 saturated heterocycles. The van der Waals surface area contributed by atoms with Gasteiger partial charge < -0.3 is 10.6 Å². The maximum absolute atomic E-state index is 11.3. The maximum Gasteiger partial charge on any atom is 0.315 e. The smallest absolute Gasteiger partial charge is 0.315 e.